The zero-order valence-corrected chi connectivity index (χ0v) is 14.2. The van der Waals surface area contributed by atoms with E-state index in [0.717, 1.165) is 13.0 Å². The summed E-state index contributed by atoms with van der Waals surface area (Å²) in [5.74, 6) is -1.12. The van der Waals surface area contributed by atoms with Crippen molar-refractivity contribution < 1.29 is 13.5 Å². The smallest absolute Gasteiger partial charge is 0.251 e. The lowest BCUT2D eigenvalue weighted by molar-refractivity contribution is 0.204. The second kappa shape index (κ2) is 6.97. The first kappa shape index (κ1) is 16.9. The first-order valence-electron chi connectivity index (χ1n) is 8.01. The topological polar surface area (TPSA) is 72.0 Å². The van der Waals surface area contributed by atoms with Gasteiger partial charge in [0.05, 0.1) is 16.2 Å². The predicted molar refractivity (Wildman–Crippen MR) is 93.9 cm³/mol. The van der Waals surface area contributed by atoms with Crippen LogP contribution in [0.25, 0.3) is 11.0 Å². The number of rotatable bonds is 4. The van der Waals surface area contributed by atoms with Crippen LogP contribution in [0.1, 0.15) is 6.42 Å². The molecule has 1 atom stereocenters. The number of halogens is 3. The second-order valence-electron chi connectivity index (χ2n) is 5.82. The van der Waals surface area contributed by atoms with Crippen LogP contribution in [0, 0.1) is 11.6 Å². The number of hydrogen-bond donors (Lipinski definition) is 2. The number of anilines is 2. The van der Waals surface area contributed by atoms with Gasteiger partial charge in [-0.2, -0.15) is 0 Å². The molecule has 2 aromatic heterocycles. The molecule has 0 bridgehead atoms. The fraction of sp³-hybridized carbons (Fsp3) is 0.235. The van der Waals surface area contributed by atoms with Crippen molar-refractivity contribution in [1.29, 1.82) is 0 Å². The van der Waals surface area contributed by atoms with E-state index >= 15 is 0 Å². The average Bonchev–Trinajstić information content (AvgIpc) is 3.13. The minimum absolute atomic E-state index is 0.0230. The van der Waals surface area contributed by atoms with E-state index in [1.807, 2.05) is 0 Å². The van der Waals surface area contributed by atoms with E-state index in [0.29, 0.717) is 6.54 Å². The molecule has 2 N–H and O–H groups in total. The summed E-state index contributed by atoms with van der Waals surface area (Å²) in [6.07, 6.45) is 1.86. The maximum Gasteiger partial charge on any atom is 0.251 e. The number of aromatic nitrogens is 3. The molecule has 0 aliphatic carbocycles. The van der Waals surface area contributed by atoms with Crippen molar-refractivity contribution in [2.24, 2.45) is 0 Å². The van der Waals surface area contributed by atoms with Crippen molar-refractivity contribution in [2.45, 2.75) is 12.5 Å². The minimum Gasteiger partial charge on any atom is -0.471 e. The van der Waals surface area contributed by atoms with Crippen molar-refractivity contribution in [3.63, 3.8) is 0 Å². The molecule has 26 heavy (non-hydrogen) atoms. The first-order chi connectivity index (χ1) is 12.6. The third kappa shape index (κ3) is 3.25. The Morgan fingerprint density at radius 2 is 2.15 bits per heavy atom. The Kier molecular flexibility index (Phi) is 4.52. The van der Waals surface area contributed by atoms with Crippen molar-refractivity contribution in [3.8, 4) is 5.88 Å². The van der Waals surface area contributed by atoms with Gasteiger partial charge < -0.3 is 15.4 Å². The lowest BCUT2D eigenvalue weighted by Crippen LogP contribution is -2.20. The van der Waals surface area contributed by atoms with Crippen LogP contribution in [0.2, 0.25) is 5.02 Å². The average molecular weight is 378 g/mol. The Morgan fingerprint density at radius 3 is 2.96 bits per heavy atom. The third-order valence-corrected chi connectivity index (χ3v) is 4.32. The monoisotopic (exact) mass is 377 g/mol. The molecule has 1 aliphatic heterocycles. The molecule has 0 radical (unpaired) electrons. The number of hydrogen-bond acceptors (Lipinski definition) is 6. The highest BCUT2D eigenvalue weighted by molar-refractivity contribution is 6.31. The molecule has 1 saturated heterocycles. The van der Waals surface area contributed by atoms with Crippen LogP contribution in [0.5, 0.6) is 5.88 Å². The highest BCUT2D eigenvalue weighted by atomic mass is 35.5. The molecule has 0 saturated carbocycles. The molecule has 4 rings (SSSR count). The molecule has 1 aromatic carbocycles. The van der Waals surface area contributed by atoms with Gasteiger partial charge in [0.15, 0.2) is 17.5 Å². The molecule has 0 spiro atoms. The van der Waals surface area contributed by atoms with Crippen LogP contribution in [0.4, 0.5) is 20.3 Å². The predicted octanol–water partition coefficient (Wildman–Crippen LogP) is 3.44. The van der Waals surface area contributed by atoms with Crippen LogP contribution >= 0.6 is 11.6 Å². The maximum atomic E-state index is 14.3. The molecule has 1 fully saturated rings. The fourth-order valence-corrected chi connectivity index (χ4v) is 2.91. The quantitative estimate of drug-likeness (QED) is 0.725. The van der Waals surface area contributed by atoms with Gasteiger partial charge >= 0.3 is 0 Å². The minimum atomic E-state index is -0.614. The summed E-state index contributed by atoms with van der Waals surface area (Å²) in [4.78, 5) is 12.3. The van der Waals surface area contributed by atoms with Gasteiger partial charge in [0.25, 0.3) is 5.88 Å². The first-order valence-corrected chi connectivity index (χ1v) is 8.39. The van der Waals surface area contributed by atoms with E-state index in [9.17, 15) is 8.78 Å². The molecule has 0 amide bonds. The summed E-state index contributed by atoms with van der Waals surface area (Å²) in [6.45, 7) is 1.44. The number of nitrogens with zero attached hydrogens (tertiary/aromatic N) is 3. The lowest BCUT2D eigenvalue weighted by atomic mass is 10.3. The van der Waals surface area contributed by atoms with Crippen molar-refractivity contribution >= 4 is 34.1 Å². The van der Waals surface area contributed by atoms with Gasteiger partial charge in [-0.05, 0) is 25.1 Å². The molecule has 3 aromatic rings. The summed E-state index contributed by atoms with van der Waals surface area (Å²) in [5.41, 5.74) is 0.680. The summed E-state index contributed by atoms with van der Waals surface area (Å²) >= 11 is 5.80. The van der Waals surface area contributed by atoms with Gasteiger partial charge in [0, 0.05) is 12.6 Å². The van der Waals surface area contributed by atoms with Gasteiger partial charge in [-0.25, -0.2) is 23.7 Å². The molecule has 1 unspecified atom stereocenters. The van der Waals surface area contributed by atoms with Gasteiger partial charge in [0.1, 0.15) is 17.9 Å². The van der Waals surface area contributed by atoms with Crippen molar-refractivity contribution in [3.05, 3.63) is 47.2 Å². The normalized spacial score (nSPS) is 16.8. The largest absolute Gasteiger partial charge is 0.471 e. The number of pyridine rings is 1. The van der Waals surface area contributed by atoms with Gasteiger partial charge in [-0.15, -0.1) is 0 Å². The van der Waals surface area contributed by atoms with Gasteiger partial charge in [-0.1, -0.05) is 17.7 Å². The number of fused-ring (bicyclic) bond motifs is 1. The standard InChI is InChI=1S/C17H14ClF2N5O/c18-10-2-1-3-12(14(10)20)24-16-15-13(22-8-23-16)6-11(19)17(25-15)26-9-4-5-21-7-9/h1-3,6,8-9,21H,4-5,7H2,(H,22,23,24). The van der Waals surface area contributed by atoms with Crippen LogP contribution in [0.15, 0.2) is 30.6 Å². The summed E-state index contributed by atoms with van der Waals surface area (Å²) < 4.78 is 34.1. The number of ether oxygens (including phenoxy) is 1. The highest BCUT2D eigenvalue weighted by Gasteiger charge is 2.20. The van der Waals surface area contributed by atoms with Gasteiger partial charge in [-0.3, -0.25) is 0 Å². The zero-order chi connectivity index (χ0) is 18.1. The molecule has 9 heteroatoms. The number of nitrogens with one attached hydrogen (secondary N) is 2. The summed E-state index contributed by atoms with van der Waals surface area (Å²) in [7, 11) is 0. The number of benzene rings is 1. The Balaban J connectivity index is 1.73. The van der Waals surface area contributed by atoms with E-state index in [1.165, 1.54) is 24.5 Å². The van der Waals surface area contributed by atoms with Gasteiger partial charge in [0.2, 0.25) is 0 Å². The van der Waals surface area contributed by atoms with E-state index in [1.54, 1.807) is 6.07 Å². The van der Waals surface area contributed by atoms with Crippen LogP contribution < -0.4 is 15.4 Å². The molecule has 134 valence electrons. The van der Waals surface area contributed by atoms with E-state index < -0.39 is 11.6 Å². The molecule has 3 heterocycles. The molecular formula is C17H14ClF2N5O. The van der Waals surface area contributed by atoms with Crippen molar-refractivity contribution in [1.82, 2.24) is 20.3 Å². The van der Waals surface area contributed by atoms with E-state index in [4.69, 9.17) is 16.3 Å². The van der Waals surface area contributed by atoms with Crippen LogP contribution in [-0.4, -0.2) is 34.1 Å². The second-order valence-corrected chi connectivity index (χ2v) is 6.23. The molecular weight excluding hydrogens is 364 g/mol. The van der Waals surface area contributed by atoms with E-state index in [2.05, 4.69) is 25.6 Å². The highest BCUT2D eigenvalue weighted by Crippen LogP contribution is 2.29. The lowest BCUT2D eigenvalue weighted by Gasteiger charge is -2.14. The summed E-state index contributed by atoms with van der Waals surface area (Å²) in [5, 5.41) is 5.95. The molecule has 1 aliphatic rings. The Bertz CT molecular complexity index is 965. The molecule has 6 nitrogen and oxygen atoms in total. The van der Waals surface area contributed by atoms with E-state index in [-0.39, 0.29) is 39.5 Å². The third-order valence-electron chi connectivity index (χ3n) is 4.03. The van der Waals surface area contributed by atoms with Crippen LogP contribution in [0.3, 0.4) is 0 Å². The maximum absolute atomic E-state index is 14.3. The Hall–Kier alpha value is -2.58. The fourth-order valence-electron chi connectivity index (χ4n) is 2.73. The Labute approximate surface area is 152 Å². The summed E-state index contributed by atoms with van der Waals surface area (Å²) in [6, 6.07) is 5.78. The zero-order valence-electron chi connectivity index (χ0n) is 13.5. The SMILES string of the molecule is Fc1cc2ncnc(Nc3cccc(Cl)c3F)c2nc1OC1CCNC1. The van der Waals surface area contributed by atoms with Crippen molar-refractivity contribution in [2.75, 3.05) is 18.4 Å². The van der Waals surface area contributed by atoms with Crippen LogP contribution in [-0.2, 0) is 0 Å². The Morgan fingerprint density at radius 1 is 1.27 bits per heavy atom.